The first kappa shape index (κ1) is 18.2. The molecule has 3 aromatic rings. The SMILES string of the molecule is COc1cc(OCC(=O)NCc2cccc3ccccc23)ccc1[N+](=O)[O-]. The van der Waals surface area contributed by atoms with Gasteiger partial charge in [-0.1, -0.05) is 42.5 Å². The molecule has 138 valence electrons. The molecule has 27 heavy (non-hydrogen) atoms. The summed E-state index contributed by atoms with van der Waals surface area (Å²) in [6.07, 6.45) is 0. The lowest BCUT2D eigenvalue weighted by atomic mass is 10.0. The van der Waals surface area contributed by atoms with Crippen LogP contribution in [0, 0.1) is 10.1 Å². The van der Waals surface area contributed by atoms with Gasteiger partial charge in [0.05, 0.1) is 12.0 Å². The van der Waals surface area contributed by atoms with Crippen molar-refractivity contribution in [3.8, 4) is 11.5 Å². The predicted octanol–water partition coefficient (Wildman–Crippen LogP) is 3.45. The highest BCUT2D eigenvalue weighted by Gasteiger charge is 2.15. The van der Waals surface area contributed by atoms with Crippen LogP contribution in [0.3, 0.4) is 0 Å². The van der Waals surface area contributed by atoms with Gasteiger partial charge in [-0.25, -0.2) is 0 Å². The summed E-state index contributed by atoms with van der Waals surface area (Å²) >= 11 is 0. The molecule has 0 aliphatic rings. The summed E-state index contributed by atoms with van der Waals surface area (Å²) < 4.78 is 10.4. The third-order valence-corrected chi connectivity index (χ3v) is 4.07. The van der Waals surface area contributed by atoms with Crippen LogP contribution in [0.1, 0.15) is 5.56 Å². The van der Waals surface area contributed by atoms with E-state index in [0.717, 1.165) is 16.3 Å². The van der Waals surface area contributed by atoms with E-state index < -0.39 is 4.92 Å². The summed E-state index contributed by atoms with van der Waals surface area (Å²) in [5.74, 6) is 0.103. The van der Waals surface area contributed by atoms with Gasteiger partial charge in [-0.3, -0.25) is 14.9 Å². The molecule has 0 aliphatic heterocycles. The van der Waals surface area contributed by atoms with Crippen molar-refractivity contribution in [2.24, 2.45) is 0 Å². The van der Waals surface area contributed by atoms with E-state index >= 15 is 0 Å². The van der Waals surface area contributed by atoms with Gasteiger partial charge in [0.2, 0.25) is 5.75 Å². The molecule has 3 aromatic carbocycles. The van der Waals surface area contributed by atoms with E-state index in [1.165, 1.54) is 25.3 Å². The van der Waals surface area contributed by atoms with E-state index in [4.69, 9.17) is 9.47 Å². The Labute approximate surface area is 155 Å². The van der Waals surface area contributed by atoms with Gasteiger partial charge in [0, 0.05) is 18.7 Å². The molecule has 0 aliphatic carbocycles. The van der Waals surface area contributed by atoms with Crippen molar-refractivity contribution >= 4 is 22.4 Å². The lowest BCUT2D eigenvalue weighted by Crippen LogP contribution is -2.28. The number of nitrogens with zero attached hydrogens (tertiary/aromatic N) is 1. The van der Waals surface area contributed by atoms with Crippen LogP contribution in [0.15, 0.2) is 60.7 Å². The Bertz CT molecular complexity index is 982. The van der Waals surface area contributed by atoms with E-state index in [1.807, 2.05) is 42.5 Å². The number of carbonyl (C=O) groups excluding carboxylic acids is 1. The summed E-state index contributed by atoms with van der Waals surface area (Å²) in [6, 6.07) is 18.0. The second kappa shape index (κ2) is 8.18. The molecule has 0 saturated heterocycles. The molecule has 0 heterocycles. The van der Waals surface area contributed by atoms with Crippen molar-refractivity contribution in [2.75, 3.05) is 13.7 Å². The molecule has 0 atom stereocenters. The molecule has 0 fully saturated rings. The molecule has 0 spiro atoms. The Morgan fingerprint density at radius 1 is 1.11 bits per heavy atom. The Kier molecular flexibility index (Phi) is 5.51. The fourth-order valence-electron chi connectivity index (χ4n) is 2.74. The third-order valence-electron chi connectivity index (χ3n) is 4.07. The second-order valence-electron chi connectivity index (χ2n) is 5.79. The zero-order chi connectivity index (χ0) is 19.2. The summed E-state index contributed by atoms with van der Waals surface area (Å²) in [7, 11) is 1.34. The number of nitro groups is 1. The predicted molar refractivity (Wildman–Crippen MR) is 101 cm³/mol. The number of nitrogens with one attached hydrogen (secondary N) is 1. The minimum Gasteiger partial charge on any atom is -0.490 e. The minimum absolute atomic E-state index is 0.0775. The van der Waals surface area contributed by atoms with E-state index in [1.54, 1.807) is 0 Å². The Morgan fingerprint density at radius 3 is 2.67 bits per heavy atom. The van der Waals surface area contributed by atoms with Gasteiger partial charge in [-0.05, 0) is 22.4 Å². The molecule has 0 radical (unpaired) electrons. The summed E-state index contributed by atoms with van der Waals surface area (Å²) in [5.41, 5.74) is 0.851. The van der Waals surface area contributed by atoms with E-state index in [2.05, 4.69) is 5.32 Å². The quantitative estimate of drug-likeness (QED) is 0.511. The Balaban J connectivity index is 1.59. The average molecular weight is 366 g/mol. The molecular formula is C20H18N2O5. The maximum Gasteiger partial charge on any atom is 0.311 e. The number of methoxy groups -OCH3 is 1. The summed E-state index contributed by atoms with van der Waals surface area (Å²) in [4.78, 5) is 22.4. The largest absolute Gasteiger partial charge is 0.490 e. The molecule has 7 heteroatoms. The van der Waals surface area contributed by atoms with Crippen LogP contribution >= 0.6 is 0 Å². The van der Waals surface area contributed by atoms with Gasteiger partial charge in [-0.15, -0.1) is 0 Å². The van der Waals surface area contributed by atoms with E-state index in [0.29, 0.717) is 12.3 Å². The van der Waals surface area contributed by atoms with E-state index in [-0.39, 0.29) is 24.0 Å². The molecule has 0 saturated carbocycles. The number of nitro benzene ring substituents is 1. The van der Waals surface area contributed by atoms with Gasteiger partial charge < -0.3 is 14.8 Å². The fourth-order valence-corrected chi connectivity index (χ4v) is 2.74. The van der Waals surface area contributed by atoms with Gasteiger partial charge >= 0.3 is 5.69 Å². The monoisotopic (exact) mass is 366 g/mol. The first-order chi connectivity index (χ1) is 13.1. The second-order valence-corrected chi connectivity index (χ2v) is 5.79. The Hall–Kier alpha value is -3.61. The number of hydrogen-bond donors (Lipinski definition) is 1. The smallest absolute Gasteiger partial charge is 0.311 e. The van der Waals surface area contributed by atoms with Crippen molar-refractivity contribution in [1.29, 1.82) is 0 Å². The van der Waals surface area contributed by atoms with Crippen LogP contribution in [-0.4, -0.2) is 24.5 Å². The summed E-state index contributed by atoms with van der Waals surface area (Å²) in [5, 5.41) is 15.9. The lowest BCUT2D eigenvalue weighted by molar-refractivity contribution is -0.385. The maximum absolute atomic E-state index is 12.1. The number of ether oxygens (including phenoxy) is 2. The average Bonchev–Trinajstić information content (AvgIpc) is 2.70. The van der Waals surface area contributed by atoms with Crippen molar-refractivity contribution in [1.82, 2.24) is 5.32 Å². The van der Waals surface area contributed by atoms with Crippen molar-refractivity contribution in [2.45, 2.75) is 6.54 Å². The molecule has 1 N–H and O–H groups in total. The van der Waals surface area contributed by atoms with Gasteiger partial charge in [0.25, 0.3) is 5.91 Å². The van der Waals surface area contributed by atoms with Gasteiger partial charge in [0.1, 0.15) is 5.75 Å². The van der Waals surface area contributed by atoms with Crippen LogP contribution in [0.4, 0.5) is 5.69 Å². The van der Waals surface area contributed by atoms with Crippen LogP contribution in [0.25, 0.3) is 10.8 Å². The molecule has 1 amide bonds. The standard InChI is InChI=1S/C20H18N2O5/c1-26-19-11-16(9-10-18(19)22(24)25)27-13-20(23)21-12-15-7-4-6-14-5-2-3-8-17(14)15/h2-11H,12-13H2,1H3,(H,21,23). The van der Waals surface area contributed by atoms with Gasteiger partial charge in [0.15, 0.2) is 6.61 Å². The number of fused-ring (bicyclic) bond motifs is 1. The number of hydrogen-bond acceptors (Lipinski definition) is 5. The highest BCUT2D eigenvalue weighted by Crippen LogP contribution is 2.30. The molecule has 0 aromatic heterocycles. The van der Waals surface area contributed by atoms with Crippen molar-refractivity contribution in [3.63, 3.8) is 0 Å². The third kappa shape index (κ3) is 4.33. The van der Waals surface area contributed by atoms with Crippen molar-refractivity contribution in [3.05, 3.63) is 76.3 Å². The maximum atomic E-state index is 12.1. The first-order valence-corrected chi connectivity index (χ1v) is 8.27. The number of carbonyl (C=O) groups is 1. The van der Waals surface area contributed by atoms with Crippen LogP contribution in [0.5, 0.6) is 11.5 Å². The molecule has 7 nitrogen and oxygen atoms in total. The zero-order valence-electron chi connectivity index (χ0n) is 14.7. The minimum atomic E-state index is -0.542. The molecule has 0 bridgehead atoms. The zero-order valence-corrected chi connectivity index (χ0v) is 14.7. The first-order valence-electron chi connectivity index (χ1n) is 8.27. The topological polar surface area (TPSA) is 90.7 Å². The normalized spacial score (nSPS) is 10.4. The summed E-state index contributed by atoms with van der Waals surface area (Å²) in [6.45, 7) is 0.179. The lowest BCUT2D eigenvalue weighted by Gasteiger charge is -2.10. The van der Waals surface area contributed by atoms with E-state index in [9.17, 15) is 14.9 Å². The van der Waals surface area contributed by atoms with Crippen LogP contribution in [-0.2, 0) is 11.3 Å². The number of benzene rings is 3. The molecule has 0 unspecified atom stereocenters. The number of rotatable bonds is 7. The molecular weight excluding hydrogens is 348 g/mol. The van der Waals surface area contributed by atoms with Gasteiger partial charge in [-0.2, -0.15) is 0 Å². The van der Waals surface area contributed by atoms with Crippen LogP contribution < -0.4 is 14.8 Å². The Morgan fingerprint density at radius 2 is 1.89 bits per heavy atom. The highest BCUT2D eigenvalue weighted by atomic mass is 16.6. The highest BCUT2D eigenvalue weighted by molar-refractivity contribution is 5.86. The fraction of sp³-hybridized carbons (Fsp3) is 0.150. The van der Waals surface area contributed by atoms with Crippen molar-refractivity contribution < 1.29 is 19.2 Å². The number of amides is 1. The van der Waals surface area contributed by atoms with Crippen LogP contribution in [0.2, 0.25) is 0 Å². The molecule has 3 rings (SSSR count).